The molecule has 1 aliphatic carbocycles. The van der Waals surface area contributed by atoms with Gasteiger partial charge in [-0.15, -0.1) is 0 Å². The summed E-state index contributed by atoms with van der Waals surface area (Å²) >= 11 is 5.93. The highest BCUT2D eigenvalue weighted by Crippen LogP contribution is 2.46. The van der Waals surface area contributed by atoms with Gasteiger partial charge in [-0.1, -0.05) is 37.1 Å². The molecule has 1 saturated carbocycles. The number of aromatic nitrogens is 2. The summed E-state index contributed by atoms with van der Waals surface area (Å²) in [7, 11) is 0. The average Bonchev–Trinajstić information content (AvgIpc) is 3.48. The van der Waals surface area contributed by atoms with E-state index in [4.69, 9.17) is 17.2 Å². The molecule has 0 bridgehead atoms. The van der Waals surface area contributed by atoms with E-state index in [0.717, 1.165) is 10.8 Å². The molecule has 5 heteroatoms. The number of nitrogens with zero attached hydrogens (tertiary/aromatic N) is 3. The predicted molar refractivity (Wildman–Crippen MR) is 130 cm³/mol. The molecule has 0 amide bonds. The van der Waals surface area contributed by atoms with Crippen LogP contribution in [0, 0.1) is 20.8 Å². The highest BCUT2D eigenvalue weighted by molar-refractivity contribution is 7.80. The summed E-state index contributed by atoms with van der Waals surface area (Å²) in [5.74, 6) is 0. The summed E-state index contributed by atoms with van der Waals surface area (Å²) in [4.78, 5) is 7.23. The molecule has 1 aliphatic heterocycles. The molecule has 0 radical (unpaired) electrons. The lowest BCUT2D eigenvalue weighted by Crippen LogP contribution is -2.38. The first kappa shape index (κ1) is 20.3. The van der Waals surface area contributed by atoms with Gasteiger partial charge < -0.3 is 14.8 Å². The second-order valence-corrected chi connectivity index (χ2v) is 9.24. The zero-order valence-corrected chi connectivity index (χ0v) is 19.3. The van der Waals surface area contributed by atoms with Crippen LogP contribution >= 0.6 is 12.2 Å². The number of rotatable bonds is 4. The second-order valence-electron chi connectivity index (χ2n) is 8.85. The largest absolute Gasteiger partial charge is 0.352 e. The fourth-order valence-corrected chi connectivity index (χ4v) is 6.05. The van der Waals surface area contributed by atoms with Gasteiger partial charge in [0, 0.05) is 34.9 Å². The Bertz CT molecular complexity index is 1080. The quantitative estimate of drug-likeness (QED) is 0.537. The van der Waals surface area contributed by atoms with Gasteiger partial charge in [-0.3, -0.25) is 4.98 Å². The summed E-state index contributed by atoms with van der Waals surface area (Å²) < 4.78 is 2.40. The maximum atomic E-state index is 5.93. The summed E-state index contributed by atoms with van der Waals surface area (Å²) in [5.41, 5.74) is 7.59. The Morgan fingerprint density at radius 3 is 2.32 bits per heavy atom. The van der Waals surface area contributed by atoms with Gasteiger partial charge in [-0.05, 0) is 75.7 Å². The van der Waals surface area contributed by atoms with Crippen molar-refractivity contribution in [3.05, 3.63) is 82.9 Å². The second kappa shape index (κ2) is 8.12. The molecular weight excluding hydrogens is 400 g/mol. The third-order valence-corrected chi connectivity index (χ3v) is 7.50. The Kier molecular flexibility index (Phi) is 5.30. The average molecular weight is 431 g/mol. The minimum atomic E-state index is 0.0534. The molecule has 0 unspecified atom stereocenters. The van der Waals surface area contributed by atoms with Crippen molar-refractivity contribution in [2.24, 2.45) is 0 Å². The normalized spacial score (nSPS) is 21.6. The van der Waals surface area contributed by atoms with Gasteiger partial charge in [0.05, 0.1) is 17.8 Å². The van der Waals surface area contributed by atoms with E-state index in [-0.39, 0.29) is 12.1 Å². The van der Waals surface area contributed by atoms with Crippen LogP contribution in [0.4, 0.5) is 0 Å². The maximum Gasteiger partial charge on any atom is 0.170 e. The van der Waals surface area contributed by atoms with Crippen LogP contribution in [0.25, 0.3) is 5.69 Å². The van der Waals surface area contributed by atoms with Gasteiger partial charge in [0.2, 0.25) is 0 Å². The third kappa shape index (κ3) is 3.35. The van der Waals surface area contributed by atoms with Crippen LogP contribution in [-0.2, 0) is 0 Å². The van der Waals surface area contributed by atoms with Crippen molar-refractivity contribution in [2.75, 3.05) is 0 Å². The summed E-state index contributed by atoms with van der Waals surface area (Å²) in [6, 6.07) is 17.5. The van der Waals surface area contributed by atoms with Crippen LogP contribution in [-0.4, -0.2) is 25.6 Å². The molecule has 31 heavy (non-hydrogen) atoms. The lowest BCUT2D eigenvalue weighted by molar-refractivity contribution is 0.244. The number of hydrogen-bond acceptors (Lipinski definition) is 2. The van der Waals surface area contributed by atoms with Crippen molar-refractivity contribution in [3.8, 4) is 5.69 Å². The Labute approximate surface area is 190 Å². The van der Waals surface area contributed by atoms with Crippen LogP contribution in [0.5, 0.6) is 0 Å². The van der Waals surface area contributed by atoms with E-state index in [0.29, 0.717) is 6.04 Å². The van der Waals surface area contributed by atoms with Gasteiger partial charge in [0.25, 0.3) is 0 Å². The molecule has 2 aromatic heterocycles. The van der Waals surface area contributed by atoms with E-state index in [9.17, 15) is 0 Å². The van der Waals surface area contributed by atoms with E-state index in [1.807, 2.05) is 12.3 Å². The van der Waals surface area contributed by atoms with Crippen molar-refractivity contribution in [1.29, 1.82) is 0 Å². The Hall–Kier alpha value is -2.66. The molecule has 2 fully saturated rings. The van der Waals surface area contributed by atoms with Crippen molar-refractivity contribution in [3.63, 3.8) is 0 Å². The lowest BCUT2D eigenvalue weighted by atomic mass is 9.92. The van der Waals surface area contributed by atoms with Gasteiger partial charge in [-0.2, -0.15) is 0 Å². The molecule has 1 N–H and O–H groups in total. The lowest BCUT2D eigenvalue weighted by Gasteiger charge is -2.33. The number of thiocarbonyl (C=S) groups is 1. The first-order valence-corrected chi connectivity index (χ1v) is 11.7. The first-order valence-electron chi connectivity index (χ1n) is 11.3. The predicted octanol–water partition coefficient (Wildman–Crippen LogP) is 5.71. The Morgan fingerprint density at radius 2 is 1.65 bits per heavy atom. The Morgan fingerprint density at radius 1 is 0.935 bits per heavy atom. The highest BCUT2D eigenvalue weighted by atomic mass is 32.1. The van der Waals surface area contributed by atoms with Crippen LogP contribution in [0.2, 0.25) is 0 Å². The topological polar surface area (TPSA) is 33.1 Å². The number of pyridine rings is 1. The highest BCUT2D eigenvalue weighted by Gasteiger charge is 2.45. The molecule has 1 saturated heterocycles. The van der Waals surface area contributed by atoms with Crippen molar-refractivity contribution in [2.45, 2.75) is 64.6 Å². The maximum absolute atomic E-state index is 5.93. The minimum absolute atomic E-state index is 0.0534. The molecular formula is C26H30N4S. The zero-order chi connectivity index (χ0) is 21.5. The number of benzene rings is 1. The SMILES string of the molecule is Cc1c([C@@H]2[C@@H](c3ccccn3)NC(=S)N2C2CCCC2)c(C)n(-c2ccccc2)c1C. The van der Waals surface area contributed by atoms with Gasteiger partial charge in [-0.25, -0.2) is 0 Å². The smallest absolute Gasteiger partial charge is 0.170 e. The van der Waals surface area contributed by atoms with E-state index in [1.165, 1.54) is 53.9 Å². The van der Waals surface area contributed by atoms with Crippen LogP contribution in [0.3, 0.4) is 0 Å². The monoisotopic (exact) mass is 430 g/mol. The van der Waals surface area contributed by atoms with E-state index in [2.05, 4.69) is 78.0 Å². The van der Waals surface area contributed by atoms with Gasteiger partial charge in [0.1, 0.15) is 0 Å². The molecule has 1 aromatic carbocycles. The molecule has 2 atom stereocenters. The summed E-state index contributed by atoms with van der Waals surface area (Å²) in [5, 5.41) is 4.53. The molecule has 4 nitrogen and oxygen atoms in total. The third-order valence-electron chi connectivity index (χ3n) is 7.17. The van der Waals surface area contributed by atoms with E-state index in [1.54, 1.807) is 0 Å². The summed E-state index contributed by atoms with van der Waals surface area (Å²) in [6.07, 6.45) is 6.88. The van der Waals surface area contributed by atoms with Crippen molar-refractivity contribution < 1.29 is 0 Å². The number of nitrogens with one attached hydrogen (secondary N) is 1. The van der Waals surface area contributed by atoms with E-state index >= 15 is 0 Å². The summed E-state index contributed by atoms with van der Waals surface area (Å²) in [6.45, 7) is 6.75. The molecule has 3 aromatic rings. The molecule has 0 spiro atoms. The molecule has 2 aliphatic rings. The van der Waals surface area contributed by atoms with E-state index < -0.39 is 0 Å². The van der Waals surface area contributed by atoms with Gasteiger partial charge in [0.15, 0.2) is 5.11 Å². The number of para-hydroxylation sites is 1. The van der Waals surface area contributed by atoms with Crippen LogP contribution in [0.1, 0.15) is 66.0 Å². The van der Waals surface area contributed by atoms with Crippen LogP contribution < -0.4 is 5.32 Å². The van der Waals surface area contributed by atoms with Gasteiger partial charge >= 0.3 is 0 Å². The first-order chi connectivity index (χ1) is 15.1. The Balaban J connectivity index is 1.68. The zero-order valence-electron chi connectivity index (χ0n) is 18.5. The minimum Gasteiger partial charge on any atom is -0.352 e. The van der Waals surface area contributed by atoms with Crippen molar-refractivity contribution >= 4 is 17.3 Å². The molecule has 5 rings (SSSR count). The standard InChI is InChI=1S/C26H30N4S/c1-17-18(2)29(20-11-5-4-6-12-20)19(3)23(17)25-24(22-15-9-10-16-27-22)28-26(31)30(25)21-13-7-8-14-21/h4-6,9-12,15-16,21,24-25H,7-8,13-14H2,1-3H3,(H,28,31)/t24-,25-/m1/s1. The van der Waals surface area contributed by atoms with Crippen LogP contribution in [0.15, 0.2) is 54.7 Å². The number of hydrogen-bond donors (Lipinski definition) is 1. The van der Waals surface area contributed by atoms with Crippen molar-refractivity contribution in [1.82, 2.24) is 19.8 Å². The fraction of sp³-hybridized carbons (Fsp3) is 0.385. The molecule has 3 heterocycles. The fourth-order valence-electron chi connectivity index (χ4n) is 5.66. The molecule has 160 valence electrons.